The molecule has 1 unspecified atom stereocenters. The quantitative estimate of drug-likeness (QED) is 0.267. The summed E-state index contributed by atoms with van der Waals surface area (Å²) in [5, 5.41) is 2.65. The van der Waals surface area contributed by atoms with Gasteiger partial charge in [0.1, 0.15) is 29.6 Å². The van der Waals surface area contributed by atoms with Crippen LogP contribution in [0.4, 0.5) is 10.2 Å². The first-order valence-electron chi connectivity index (χ1n) is 14.4. The van der Waals surface area contributed by atoms with Gasteiger partial charge in [-0.3, -0.25) is 33.2 Å². The van der Waals surface area contributed by atoms with Crippen LogP contribution in [0.25, 0.3) is 22.6 Å². The summed E-state index contributed by atoms with van der Waals surface area (Å²) in [6.45, 7) is 3.93. The number of halogens is 1. The zero-order chi connectivity index (χ0) is 32.2. The maximum Gasteiger partial charge on any atom is 0.332 e. The van der Waals surface area contributed by atoms with E-state index in [2.05, 4.69) is 20.3 Å². The first-order chi connectivity index (χ1) is 21.6. The van der Waals surface area contributed by atoms with Gasteiger partial charge < -0.3 is 19.9 Å². The van der Waals surface area contributed by atoms with E-state index in [0.29, 0.717) is 12.0 Å². The van der Waals surface area contributed by atoms with E-state index in [1.807, 2.05) is 6.92 Å². The van der Waals surface area contributed by atoms with Gasteiger partial charge in [0.2, 0.25) is 11.8 Å². The van der Waals surface area contributed by atoms with Gasteiger partial charge in [0, 0.05) is 57.5 Å². The Kier molecular flexibility index (Phi) is 9.18. The average molecular weight is 621 g/mol. The molecule has 1 fully saturated rings. The molecular weight excluding hydrogens is 587 g/mol. The molecule has 15 heteroatoms. The fourth-order valence-corrected chi connectivity index (χ4v) is 5.06. The Hall–Kier alpha value is -5.18. The predicted molar refractivity (Wildman–Crippen MR) is 162 cm³/mol. The number of carbonyl (C=O) groups is 3. The van der Waals surface area contributed by atoms with Gasteiger partial charge >= 0.3 is 5.69 Å². The number of carbonyl (C=O) groups excluding carboxylic acids is 3. The van der Waals surface area contributed by atoms with Crippen molar-refractivity contribution < 1.29 is 23.5 Å². The van der Waals surface area contributed by atoms with Gasteiger partial charge in [-0.1, -0.05) is 6.92 Å². The van der Waals surface area contributed by atoms with Crippen molar-refractivity contribution in [1.29, 1.82) is 0 Å². The number of fused-ring (bicyclic) bond motifs is 1. The molecule has 45 heavy (non-hydrogen) atoms. The molecule has 0 spiro atoms. The molecule has 0 aliphatic carbocycles. The average Bonchev–Trinajstić information content (AvgIpc) is 3.47. The number of nitrogens with zero attached hydrogens (tertiary/aromatic N) is 6. The first-order valence-corrected chi connectivity index (χ1v) is 14.4. The van der Waals surface area contributed by atoms with Crippen molar-refractivity contribution in [2.24, 2.45) is 0 Å². The monoisotopic (exact) mass is 620 g/mol. The van der Waals surface area contributed by atoms with Crippen molar-refractivity contribution >= 4 is 34.7 Å². The number of hydrogen-bond donors (Lipinski definition) is 2. The second kappa shape index (κ2) is 13.2. The smallest absolute Gasteiger partial charge is 0.332 e. The number of H-pyrrole nitrogens is 1. The SMILES string of the molecule is CCCn1c(=O)c2[nH]c(-c3ccc(N(CC4CN(C)C(=O)CO4)C(=O)c4ccc(F)cc4)nc3)nc2n(CCNC(C)=O)c1=O. The lowest BCUT2D eigenvalue weighted by Crippen LogP contribution is -2.50. The summed E-state index contributed by atoms with van der Waals surface area (Å²) in [5.74, 6) is -0.804. The van der Waals surface area contributed by atoms with Crippen LogP contribution in [0.2, 0.25) is 0 Å². The summed E-state index contributed by atoms with van der Waals surface area (Å²) in [7, 11) is 1.65. The number of benzene rings is 1. The second-order valence-corrected chi connectivity index (χ2v) is 10.7. The number of aromatic amines is 1. The number of rotatable bonds is 10. The molecule has 0 bridgehead atoms. The molecular formula is C30H33FN8O6. The van der Waals surface area contributed by atoms with Crippen molar-refractivity contribution in [3.8, 4) is 11.4 Å². The summed E-state index contributed by atoms with van der Waals surface area (Å²) in [6, 6.07) is 8.39. The Bertz CT molecular complexity index is 1850. The van der Waals surface area contributed by atoms with E-state index in [9.17, 15) is 28.4 Å². The van der Waals surface area contributed by atoms with Crippen LogP contribution in [0.3, 0.4) is 0 Å². The Morgan fingerprint density at radius 3 is 2.51 bits per heavy atom. The van der Waals surface area contributed by atoms with E-state index in [4.69, 9.17) is 4.74 Å². The van der Waals surface area contributed by atoms with Gasteiger partial charge in [-0.15, -0.1) is 0 Å². The number of nitrogens with one attached hydrogen (secondary N) is 2. The lowest BCUT2D eigenvalue weighted by Gasteiger charge is -2.33. The highest BCUT2D eigenvalue weighted by Crippen LogP contribution is 2.23. The van der Waals surface area contributed by atoms with Crippen molar-refractivity contribution in [2.75, 3.05) is 38.2 Å². The number of likely N-dealkylation sites (N-methyl/N-ethyl adjacent to an activating group) is 1. The van der Waals surface area contributed by atoms with Gasteiger partial charge in [-0.05, 0) is 42.8 Å². The molecule has 5 rings (SSSR count). The first kappa shape index (κ1) is 31.3. The van der Waals surface area contributed by atoms with Gasteiger partial charge in [0.15, 0.2) is 5.65 Å². The Morgan fingerprint density at radius 2 is 1.87 bits per heavy atom. The lowest BCUT2D eigenvalue weighted by atomic mass is 10.1. The summed E-state index contributed by atoms with van der Waals surface area (Å²) in [6.07, 6.45) is 1.54. The van der Waals surface area contributed by atoms with Crippen molar-refractivity contribution in [2.45, 2.75) is 39.5 Å². The van der Waals surface area contributed by atoms with Crippen LogP contribution in [0.5, 0.6) is 0 Å². The zero-order valence-electron chi connectivity index (χ0n) is 25.1. The van der Waals surface area contributed by atoms with Crippen LogP contribution in [0.1, 0.15) is 30.6 Å². The summed E-state index contributed by atoms with van der Waals surface area (Å²) < 4.78 is 21.7. The number of imidazole rings is 1. The number of anilines is 1. The normalized spacial score (nSPS) is 15.0. The molecule has 3 aromatic heterocycles. The third-order valence-electron chi connectivity index (χ3n) is 7.38. The molecule has 4 aromatic rings. The summed E-state index contributed by atoms with van der Waals surface area (Å²) in [5.41, 5.74) is -0.0540. The minimum absolute atomic E-state index is 0.0718. The van der Waals surface area contributed by atoms with Gasteiger partial charge in [-0.2, -0.15) is 0 Å². The van der Waals surface area contributed by atoms with E-state index < -0.39 is 29.1 Å². The van der Waals surface area contributed by atoms with Crippen molar-refractivity contribution in [1.82, 2.24) is 34.3 Å². The minimum atomic E-state index is -0.529. The number of aromatic nitrogens is 5. The highest BCUT2D eigenvalue weighted by molar-refractivity contribution is 6.05. The van der Waals surface area contributed by atoms with Crippen molar-refractivity contribution in [3.63, 3.8) is 0 Å². The predicted octanol–water partition coefficient (Wildman–Crippen LogP) is 1.14. The fraction of sp³-hybridized carbons (Fsp3) is 0.367. The molecule has 14 nitrogen and oxygen atoms in total. The number of amides is 3. The molecule has 2 N–H and O–H groups in total. The standard InChI is InChI=1S/C30H33FN8O6/c1-4-12-38-29(43)25-27(37(30(38)44)13-11-32-18(2)40)35-26(34-25)20-7-10-23(33-14-20)39(16-22-15-36(3)24(41)17-45-22)28(42)19-5-8-21(31)9-6-19/h5-10,14,22H,4,11-13,15-17H2,1-3H3,(H,32,40)(H,34,35). The molecule has 1 atom stereocenters. The highest BCUT2D eigenvalue weighted by atomic mass is 19.1. The molecule has 1 aromatic carbocycles. The van der Waals surface area contributed by atoms with Gasteiger partial charge in [0.05, 0.1) is 12.6 Å². The van der Waals surface area contributed by atoms with Crippen LogP contribution >= 0.6 is 0 Å². The van der Waals surface area contributed by atoms with Crippen LogP contribution in [-0.4, -0.2) is 86.1 Å². The van der Waals surface area contributed by atoms with Gasteiger partial charge in [-0.25, -0.2) is 19.2 Å². The van der Waals surface area contributed by atoms with E-state index in [0.717, 1.165) is 4.57 Å². The number of hydrogen-bond acceptors (Lipinski definition) is 8. The molecule has 3 amide bonds. The Balaban J connectivity index is 1.50. The molecule has 1 aliphatic rings. The topological polar surface area (TPSA) is 165 Å². The maximum absolute atomic E-state index is 13.6. The summed E-state index contributed by atoms with van der Waals surface area (Å²) in [4.78, 5) is 78.3. The van der Waals surface area contributed by atoms with Crippen LogP contribution in [0.15, 0.2) is 52.2 Å². The molecule has 0 radical (unpaired) electrons. The maximum atomic E-state index is 13.6. The Labute approximate surface area is 256 Å². The number of morpholine rings is 1. The van der Waals surface area contributed by atoms with E-state index in [-0.39, 0.29) is 79.5 Å². The van der Waals surface area contributed by atoms with Crippen LogP contribution in [-0.2, 0) is 27.4 Å². The summed E-state index contributed by atoms with van der Waals surface area (Å²) >= 11 is 0. The van der Waals surface area contributed by atoms with Crippen LogP contribution in [0, 0.1) is 5.82 Å². The molecule has 0 saturated carbocycles. The molecule has 1 saturated heterocycles. The third kappa shape index (κ3) is 6.67. The van der Waals surface area contributed by atoms with Crippen molar-refractivity contribution in [3.05, 3.63) is 74.8 Å². The van der Waals surface area contributed by atoms with E-state index in [1.54, 1.807) is 19.2 Å². The van der Waals surface area contributed by atoms with Crippen LogP contribution < -0.4 is 21.5 Å². The highest BCUT2D eigenvalue weighted by Gasteiger charge is 2.29. The number of pyridine rings is 1. The second-order valence-electron chi connectivity index (χ2n) is 10.7. The molecule has 1 aliphatic heterocycles. The largest absolute Gasteiger partial charge is 0.365 e. The van der Waals surface area contributed by atoms with E-state index >= 15 is 0 Å². The lowest BCUT2D eigenvalue weighted by molar-refractivity contribution is -0.146. The zero-order valence-corrected chi connectivity index (χ0v) is 25.1. The fourth-order valence-electron chi connectivity index (χ4n) is 5.06. The minimum Gasteiger partial charge on any atom is -0.365 e. The molecule has 236 valence electrons. The van der Waals surface area contributed by atoms with E-state index in [1.165, 1.54) is 51.8 Å². The molecule has 4 heterocycles. The Morgan fingerprint density at radius 1 is 1.11 bits per heavy atom. The third-order valence-corrected chi connectivity index (χ3v) is 7.38. The number of ether oxygens (including phenoxy) is 1. The van der Waals surface area contributed by atoms with Gasteiger partial charge in [0.25, 0.3) is 11.5 Å².